The van der Waals surface area contributed by atoms with Crippen LogP contribution in [-0.4, -0.2) is 43.3 Å². The average Bonchev–Trinajstić information content (AvgIpc) is 2.99. The molecule has 0 spiro atoms. The summed E-state index contributed by atoms with van der Waals surface area (Å²) in [7, 11) is 3.12. The fourth-order valence-electron chi connectivity index (χ4n) is 3.03. The lowest BCUT2D eigenvalue weighted by atomic mass is 10.1. The average molecular weight is 394 g/mol. The van der Waals surface area contributed by atoms with Crippen LogP contribution >= 0.6 is 0 Å². The topological polar surface area (TPSA) is 84.9 Å². The maximum absolute atomic E-state index is 12.6. The van der Waals surface area contributed by atoms with E-state index in [9.17, 15) is 14.4 Å². The molecule has 1 aliphatic rings. The fraction of sp³-hybridized carbons (Fsp3) is 0.227. The largest absolute Gasteiger partial charge is 0.493 e. The zero-order valence-corrected chi connectivity index (χ0v) is 16.5. The van der Waals surface area contributed by atoms with Gasteiger partial charge in [-0.1, -0.05) is 6.07 Å². The van der Waals surface area contributed by atoms with Crippen molar-refractivity contribution in [1.29, 1.82) is 0 Å². The van der Waals surface area contributed by atoms with Gasteiger partial charge in [-0.2, -0.15) is 0 Å². The molecule has 0 bridgehead atoms. The van der Waals surface area contributed by atoms with E-state index < -0.39 is 0 Å². The lowest BCUT2D eigenvalue weighted by molar-refractivity contribution is -0.137. The molecule has 0 unspecified atom stereocenters. The standard InChI is InChI=1S/C22H22N2O5/c1-14(25)16-5-7-17(8-6-16)23-18-13-21(26)24(22(18)27)11-10-15-4-9-19(28-2)20(12-15)29-3/h4-9,12-13,23H,10-11H2,1-3H3. The molecule has 0 saturated heterocycles. The highest BCUT2D eigenvalue weighted by Crippen LogP contribution is 2.28. The summed E-state index contributed by atoms with van der Waals surface area (Å²) in [5.41, 5.74) is 2.33. The summed E-state index contributed by atoms with van der Waals surface area (Å²) >= 11 is 0. The third-order valence-electron chi connectivity index (χ3n) is 4.65. The van der Waals surface area contributed by atoms with Crippen LogP contribution in [0.1, 0.15) is 22.8 Å². The van der Waals surface area contributed by atoms with Crippen LogP contribution in [0.2, 0.25) is 0 Å². The molecule has 150 valence electrons. The van der Waals surface area contributed by atoms with Gasteiger partial charge in [-0.15, -0.1) is 0 Å². The molecule has 7 nitrogen and oxygen atoms in total. The number of nitrogens with zero attached hydrogens (tertiary/aromatic N) is 1. The van der Waals surface area contributed by atoms with E-state index in [1.165, 1.54) is 17.9 Å². The Bertz CT molecular complexity index is 979. The molecule has 0 atom stereocenters. The summed E-state index contributed by atoms with van der Waals surface area (Å²) in [6.45, 7) is 1.73. The van der Waals surface area contributed by atoms with E-state index in [1.807, 2.05) is 12.1 Å². The Labute approximate surface area is 168 Å². The zero-order chi connectivity index (χ0) is 21.0. The van der Waals surface area contributed by atoms with E-state index in [2.05, 4.69) is 5.32 Å². The number of hydrogen-bond donors (Lipinski definition) is 1. The number of hydrogen-bond acceptors (Lipinski definition) is 6. The molecule has 3 rings (SSSR count). The molecule has 2 aromatic rings. The number of Topliss-reactive ketones (excluding diaryl/α,β-unsaturated/α-hetero) is 1. The predicted octanol–water partition coefficient (Wildman–Crippen LogP) is 2.81. The Hall–Kier alpha value is -3.61. The first-order chi connectivity index (χ1) is 13.9. The number of imide groups is 1. The first-order valence-corrected chi connectivity index (χ1v) is 9.09. The highest BCUT2D eigenvalue weighted by molar-refractivity contribution is 6.17. The van der Waals surface area contributed by atoms with E-state index in [0.717, 1.165) is 5.56 Å². The summed E-state index contributed by atoms with van der Waals surface area (Å²) < 4.78 is 10.5. The minimum atomic E-state index is -0.383. The third-order valence-corrected chi connectivity index (χ3v) is 4.65. The molecule has 2 aromatic carbocycles. The second kappa shape index (κ2) is 8.60. The summed E-state index contributed by atoms with van der Waals surface area (Å²) in [6.07, 6.45) is 1.78. The number of carbonyl (C=O) groups excluding carboxylic acids is 3. The van der Waals surface area contributed by atoms with E-state index in [1.54, 1.807) is 44.6 Å². The number of carbonyl (C=O) groups is 3. The molecular formula is C22H22N2O5. The van der Waals surface area contributed by atoms with Crippen molar-refractivity contribution < 1.29 is 23.9 Å². The molecule has 0 saturated carbocycles. The maximum Gasteiger partial charge on any atom is 0.277 e. The van der Waals surface area contributed by atoms with Gasteiger partial charge in [-0.3, -0.25) is 19.3 Å². The third kappa shape index (κ3) is 4.45. The van der Waals surface area contributed by atoms with Crippen LogP contribution in [-0.2, 0) is 16.0 Å². The van der Waals surface area contributed by atoms with Crippen molar-refractivity contribution in [2.75, 3.05) is 26.1 Å². The van der Waals surface area contributed by atoms with Crippen LogP contribution in [0.4, 0.5) is 5.69 Å². The van der Waals surface area contributed by atoms with Crippen LogP contribution in [0.25, 0.3) is 0 Å². The summed E-state index contributed by atoms with van der Waals surface area (Å²) in [4.78, 5) is 37.4. The number of amides is 2. The summed E-state index contributed by atoms with van der Waals surface area (Å²) in [6, 6.07) is 12.2. The van der Waals surface area contributed by atoms with Crippen molar-refractivity contribution in [2.24, 2.45) is 0 Å². The van der Waals surface area contributed by atoms with Gasteiger partial charge in [-0.05, 0) is 55.3 Å². The Kier molecular flexibility index (Phi) is 5.97. The Balaban J connectivity index is 1.64. The van der Waals surface area contributed by atoms with E-state index >= 15 is 0 Å². The second-order valence-corrected chi connectivity index (χ2v) is 6.55. The molecule has 1 heterocycles. The maximum atomic E-state index is 12.6. The molecule has 1 aliphatic heterocycles. The Morgan fingerprint density at radius 3 is 2.31 bits per heavy atom. The molecular weight excluding hydrogens is 372 g/mol. The van der Waals surface area contributed by atoms with Crippen molar-refractivity contribution in [3.05, 3.63) is 65.4 Å². The number of ether oxygens (including phenoxy) is 2. The summed E-state index contributed by atoms with van der Waals surface area (Å²) in [5.74, 6) is 0.431. The number of rotatable bonds is 8. The highest BCUT2D eigenvalue weighted by atomic mass is 16.5. The van der Waals surface area contributed by atoms with E-state index in [0.29, 0.717) is 29.2 Å². The normalized spacial score (nSPS) is 13.3. The van der Waals surface area contributed by atoms with Crippen molar-refractivity contribution in [2.45, 2.75) is 13.3 Å². The van der Waals surface area contributed by atoms with Crippen LogP contribution in [0.15, 0.2) is 54.2 Å². The minimum absolute atomic E-state index is 0.0378. The predicted molar refractivity (Wildman–Crippen MR) is 108 cm³/mol. The van der Waals surface area contributed by atoms with Gasteiger partial charge in [-0.25, -0.2) is 0 Å². The second-order valence-electron chi connectivity index (χ2n) is 6.55. The number of methoxy groups -OCH3 is 2. The lowest BCUT2D eigenvalue weighted by Crippen LogP contribution is -2.33. The lowest BCUT2D eigenvalue weighted by Gasteiger charge is -2.16. The smallest absolute Gasteiger partial charge is 0.277 e. The van der Waals surface area contributed by atoms with Crippen LogP contribution in [0.3, 0.4) is 0 Å². The fourth-order valence-corrected chi connectivity index (χ4v) is 3.03. The first-order valence-electron chi connectivity index (χ1n) is 9.09. The molecule has 0 fully saturated rings. The Morgan fingerprint density at radius 1 is 1.00 bits per heavy atom. The molecule has 0 aromatic heterocycles. The number of anilines is 1. The highest BCUT2D eigenvalue weighted by Gasteiger charge is 2.30. The van der Waals surface area contributed by atoms with Crippen molar-refractivity contribution in [3.8, 4) is 11.5 Å². The van der Waals surface area contributed by atoms with Crippen LogP contribution < -0.4 is 14.8 Å². The molecule has 1 N–H and O–H groups in total. The number of benzene rings is 2. The summed E-state index contributed by atoms with van der Waals surface area (Å²) in [5, 5.41) is 2.95. The van der Waals surface area contributed by atoms with Gasteiger partial charge in [0.2, 0.25) is 0 Å². The Morgan fingerprint density at radius 2 is 1.69 bits per heavy atom. The van der Waals surface area contributed by atoms with Crippen LogP contribution in [0, 0.1) is 0 Å². The molecule has 2 amide bonds. The van der Waals surface area contributed by atoms with Gasteiger partial charge in [0.15, 0.2) is 17.3 Å². The van der Waals surface area contributed by atoms with Crippen molar-refractivity contribution >= 4 is 23.3 Å². The van der Waals surface area contributed by atoms with Gasteiger partial charge in [0.1, 0.15) is 5.70 Å². The monoisotopic (exact) mass is 394 g/mol. The van der Waals surface area contributed by atoms with E-state index in [-0.39, 0.29) is 29.8 Å². The van der Waals surface area contributed by atoms with Gasteiger partial charge in [0.25, 0.3) is 11.8 Å². The number of nitrogens with one attached hydrogen (secondary N) is 1. The number of ketones is 1. The SMILES string of the molecule is COc1ccc(CCN2C(=O)C=C(Nc3ccc(C(C)=O)cc3)C2=O)cc1OC. The zero-order valence-electron chi connectivity index (χ0n) is 16.5. The molecule has 0 radical (unpaired) electrons. The van der Waals surface area contributed by atoms with Gasteiger partial charge in [0.05, 0.1) is 14.2 Å². The quantitative estimate of drug-likeness (QED) is 0.547. The minimum Gasteiger partial charge on any atom is -0.493 e. The van der Waals surface area contributed by atoms with Gasteiger partial charge >= 0.3 is 0 Å². The molecule has 29 heavy (non-hydrogen) atoms. The van der Waals surface area contributed by atoms with Crippen LogP contribution in [0.5, 0.6) is 11.5 Å². The van der Waals surface area contributed by atoms with Crippen molar-refractivity contribution in [3.63, 3.8) is 0 Å². The van der Waals surface area contributed by atoms with E-state index in [4.69, 9.17) is 9.47 Å². The molecule has 0 aliphatic carbocycles. The first kappa shape index (κ1) is 20.1. The van der Waals surface area contributed by atoms with Gasteiger partial charge in [0, 0.05) is 23.9 Å². The van der Waals surface area contributed by atoms with Gasteiger partial charge < -0.3 is 14.8 Å². The van der Waals surface area contributed by atoms with Crippen molar-refractivity contribution in [1.82, 2.24) is 4.90 Å². The molecule has 7 heteroatoms.